The summed E-state index contributed by atoms with van der Waals surface area (Å²) < 4.78 is 28.0. The van der Waals surface area contributed by atoms with Gasteiger partial charge in [0.2, 0.25) is 15.9 Å². The molecule has 1 saturated heterocycles. The average Bonchev–Trinajstić information content (AvgIpc) is 2.68. The van der Waals surface area contributed by atoms with Gasteiger partial charge in [0.1, 0.15) is 0 Å². The number of hydrogen-bond donors (Lipinski definition) is 2. The van der Waals surface area contributed by atoms with Crippen molar-refractivity contribution in [1.29, 1.82) is 0 Å². The number of benzene rings is 2. The van der Waals surface area contributed by atoms with Gasteiger partial charge in [-0.15, -0.1) is 0 Å². The number of amides is 1. The van der Waals surface area contributed by atoms with Crippen molar-refractivity contribution < 1.29 is 13.2 Å². The second-order valence-corrected chi connectivity index (χ2v) is 9.50. The van der Waals surface area contributed by atoms with E-state index < -0.39 is 10.0 Å². The van der Waals surface area contributed by atoms with Crippen molar-refractivity contribution in [1.82, 2.24) is 9.62 Å². The molecular weight excluding hydrogens is 400 g/mol. The molecule has 2 aromatic rings. The van der Waals surface area contributed by atoms with E-state index in [1.54, 1.807) is 19.1 Å². The Hall–Kier alpha value is -2.42. The minimum absolute atomic E-state index is 0.193. The zero-order valence-corrected chi connectivity index (χ0v) is 18.6. The lowest BCUT2D eigenvalue weighted by Gasteiger charge is -2.34. The van der Waals surface area contributed by atoms with Gasteiger partial charge in [-0.05, 0) is 61.9 Å². The van der Waals surface area contributed by atoms with E-state index >= 15 is 0 Å². The smallest absolute Gasteiger partial charge is 0.240 e. The lowest BCUT2D eigenvalue weighted by atomic mass is 10.1. The van der Waals surface area contributed by atoms with Crippen LogP contribution >= 0.6 is 0 Å². The van der Waals surface area contributed by atoms with E-state index in [0.717, 1.165) is 31.7 Å². The molecule has 162 valence electrons. The molecule has 0 atom stereocenters. The molecule has 0 saturated carbocycles. The summed E-state index contributed by atoms with van der Waals surface area (Å²) in [6.45, 7) is 7.63. The Balaban J connectivity index is 1.56. The largest absolute Gasteiger partial charge is 0.369 e. The quantitative estimate of drug-likeness (QED) is 0.704. The monoisotopic (exact) mass is 430 g/mol. The maximum Gasteiger partial charge on any atom is 0.240 e. The number of hydrogen-bond acceptors (Lipinski definition) is 5. The van der Waals surface area contributed by atoms with Crippen LogP contribution in [0.1, 0.15) is 18.1 Å². The van der Waals surface area contributed by atoms with E-state index in [1.807, 2.05) is 0 Å². The first-order valence-electron chi connectivity index (χ1n) is 10.1. The Morgan fingerprint density at radius 1 is 1.03 bits per heavy atom. The van der Waals surface area contributed by atoms with E-state index in [9.17, 15) is 13.2 Å². The summed E-state index contributed by atoms with van der Waals surface area (Å²) in [4.78, 5) is 16.1. The van der Waals surface area contributed by atoms with Crippen molar-refractivity contribution in [2.45, 2.75) is 25.2 Å². The molecule has 2 N–H and O–H groups in total. The number of carbonyl (C=O) groups is 1. The number of piperazine rings is 1. The molecule has 0 aromatic heterocycles. The first kappa shape index (κ1) is 22.3. The Bertz CT molecular complexity index is 982. The van der Waals surface area contributed by atoms with Crippen LogP contribution in [0.25, 0.3) is 0 Å². The van der Waals surface area contributed by atoms with Crippen molar-refractivity contribution in [2.24, 2.45) is 0 Å². The van der Waals surface area contributed by atoms with Gasteiger partial charge < -0.3 is 15.1 Å². The second-order valence-electron chi connectivity index (χ2n) is 7.77. The Labute approximate surface area is 179 Å². The van der Waals surface area contributed by atoms with Gasteiger partial charge in [0.25, 0.3) is 0 Å². The highest BCUT2D eigenvalue weighted by atomic mass is 32.2. The van der Waals surface area contributed by atoms with Gasteiger partial charge >= 0.3 is 0 Å². The van der Waals surface area contributed by atoms with Crippen molar-refractivity contribution in [3.63, 3.8) is 0 Å². The molecule has 8 heteroatoms. The fraction of sp³-hybridized carbons (Fsp3) is 0.409. The number of sulfonamides is 1. The Morgan fingerprint density at radius 3 is 2.30 bits per heavy atom. The summed E-state index contributed by atoms with van der Waals surface area (Å²) in [5.41, 5.74) is 3.47. The molecule has 1 amide bonds. The highest BCUT2D eigenvalue weighted by molar-refractivity contribution is 7.89. The molecule has 0 radical (unpaired) electrons. The molecule has 1 aliphatic rings. The summed E-state index contributed by atoms with van der Waals surface area (Å²) in [5, 5.41) is 2.66. The lowest BCUT2D eigenvalue weighted by molar-refractivity contribution is -0.114. The van der Waals surface area contributed by atoms with Crippen molar-refractivity contribution in [3.05, 3.63) is 53.6 Å². The fourth-order valence-corrected chi connectivity index (χ4v) is 4.83. The third kappa shape index (κ3) is 5.81. The molecule has 0 unspecified atom stereocenters. The van der Waals surface area contributed by atoms with Crippen molar-refractivity contribution in [3.8, 4) is 0 Å². The Morgan fingerprint density at radius 2 is 1.70 bits per heavy atom. The van der Waals surface area contributed by atoms with Crippen LogP contribution in [-0.4, -0.2) is 59.0 Å². The SMILES string of the molecule is CC(=O)Nc1ccc(S(=O)(=O)NCCc2ccc(N3CCN(C)CC3)cc2)c(C)c1. The van der Waals surface area contributed by atoms with Gasteiger partial charge in [0, 0.05) is 51.0 Å². The third-order valence-electron chi connectivity index (χ3n) is 5.30. The van der Waals surface area contributed by atoms with Crippen molar-refractivity contribution >= 4 is 27.3 Å². The predicted molar refractivity (Wildman–Crippen MR) is 121 cm³/mol. The molecule has 2 aromatic carbocycles. The zero-order chi connectivity index (χ0) is 21.7. The maximum absolute atomic E-state index is 12.7. The van der Waals surface area contributed by atoms with Crippen LogP contribution in [-0.2, 0) is 21.2 Å². The number of rotatable bonds is 7. The minimum Gasteiger partial charge on any atom is -0.369 e. The molecule has 1 aliphatic heterocycles. The first-order valence-corrected chi connectivity index (χ1v) is 11.6. The summed E-state index contributed by atoms with van der Waals surface area (Å²) in [7, 11) is -1.47. The highest BCUT2D eigenvalue weighted by Gasteiger charge is 2.17. The molecular formula is C22H30N4O3S. The minimum atomic E-state index is -3.61. The maximum atomic E-state index is 12.7. The van der Waals surface area contributed by atoms with Gasteiger partial charge in [-0.2, -0.15) is 0 Å². The van der Waals surface area contributed by atoms with Gasteiger partial charge in [0.05, 0.1) is 4.90 Å². The topological polar surface area (TPSA) is 81.7 Å². The van der Waals surface area contributed by atoms with Crippen LogP contribution in [0.15, 0.2) is 47.4 Å². The van der Waals surface area contributed by atoms with Crippen LogP contribution < -0.4 is 14.9 Å². The van der Waals surface area contributed by atoms with E-state index in [1.165, 1.54) is 18.7 Å². The lowest BCUT2D eigenvalue weighted by Crippen LogP contribution is -2.44. The summed E-state index contributed by atoms with van der Waals surface area (Å²) in [6, 6.07) is 13.1. The molecule has 0 spiro atoms. The number of nitrogens with zero attached hydrogens (tertiary/aromatic N) is 2. The third-order valence-corrected chi connectivity index (χ3v) is 6.92. The van der Waals surface area contributed by atoms with Crippen molar-refractivity contribution in [2.75, 3.05) is 50.0 Å². The number of nitrogens with one attached hydrogen (secondary N) is 2. The van der Waals surface area contributed by atoms with Crippen LogP contribution in [0.3, 0.4) is 0 Å². The summed E-state index contributed by atoms with van der Waals surface area (Å²) >= 11 is 0. The first-order chi connectivity index (χ1) is 14.2. The standard InChI is InChI=1S/C22H30N4O3S/c1-17-16-20(24-18(2)27)6-9-22(17)30(28,29)23-11-10-19-4-7-21(8-5-19)26-14-12-25(3)13-15-26/h4-9,16,23H,10-15H2,1-3H3,(H,24,27). The fourth-order valence-electron chi connectivity index (χ4n) is 3.58. The number of likely N-dealkylation sites (N-methyl/N-ethyl adjacent to an activating group) is 1. The Kier molecular flexibility index (Phi) is 7.12. The summed E-state index contributed by atoms with van der Waals surface area (Å²) in [6.07, 6.45) is 0.616. The average molecular weight is 431 g/mol. The normalized spacial score (nSPS) is 15.2. The van der Waals surface area contributed by atoms with Crippen LogP contribution in [0.5, 0.6) is 0 Å². The molecule has 1 fully saturated rings. The van der Waals surface area contributed by atoms with Gasteiger partial charge in [0.15, 0.2) is 0 Å². The molecule has 7 nitrogen and oxygen atoms in total. The predicted octanol–water partition coefficient (Wildman–Crippen LogP) is 2.23. The second kappa shape index (κ2) is 9.59. The number of aryl methyl sites for hydroxylation is 1. The molecule has 0 aliphatic carbocycles. The van der Waals surface area contributed by atoms with Gasteiger partial charge in [-0.3, -0.25) is 4.79 Å². The molecule has 30 heavy (non-hydrogen) atoms. The van der Waals surface area contributed by atoms with Gasteiger partial charge in [-0.1, -0.05) is 12.1 Å². The van der Waals surface area contributed by atoms with Crippen LogP contribution in [0.2, 0.25) is 0 Å². The number of carbonyl (C=O) groups excluding carboxylic acids is 1. The number of anilines is 2. The van der Waals surface area contributed by atoms with Crippen LogP contribution in [0, 0.1) is 6.92 Å². The molecule has 0 bridgehead atoms. The van der Waals surface area contributed by atoms with E-state index in [-0.39, 0.29) is 10.8 Å². The van der Waals surface area contributed by atoms with Crippen LogP contribution in [0.4, 0.5) is 11.4 Å². The van der Waals surface area contributed by atoms with E-state index in [4.69, 9.17) is 0 Å². The van der Waals surface area contributed by atoms with Gasteiger partial charge in [-0.25, -0.2) is 13.1 Å². The van der Waals surface area contributed by atoms with E-state index in [2.05, 4.69) is 51.2 Å². The summed E-state index contributed by atoms with van der Waals surface area (Å²) in [5.74, 6) is -0.193. The highest BCUT2D eigenvalue weighted by Crippen LogP contribution is 2.20. The molecule has 1 heterocycles. The van der Waals surface area contributed by atoms with E-state index in [0.29, 0.717) is 24.2 Å². The molecule has 3 rings (SSSR count). The zero-order valence-electron chi connectivity index (χ0n) is 17.8.